The minimum atomic E-state index is -0.0389. The number of rotatable bonds is 12. The van der Waals surface area contributed by atoms with Gasteiger partial charge in [-0.05, 0) is 83.4 Å². The highest BCUT2D eigenvalue weighted by molar-refractivity contribution is 6.08. The fourth-order valence-corrected chi connectivity index (χ4v) is 8.05. The minimum Gasteiger partial charge on any atom is -0.335 e. The first-order valence-electron chi connectivity index (χ1n) is 15.8. The summed E-state index contributed by atoms with van der Waals surface area (Å²) >= 11 is 0. The molecule has 1 aliphatic heterocycles. The second-order valence-corrected chi connectivity index (χ2v) is 14.1. The standard InChI is InChI=1S/C38H55N3/c1-11-19-30(12-2)37(9,13-3)29-38(10,14-4)40-26-24-39(25-27-40)35(5,6)28-36(7,8)41-33-22-17-15-20-31(33)32-21-16-18-23-34(32)41/h11-12,15-23H,1-2,13-14,24-29H2,3-10H3/b30-19+. The van der Waals surface area contributed by atoms with Crippen LogP contribution in [0.25, 0.3) is 21.8 Å². The second kappa shape index (κ2) is 11.9. The highest BCUT2D eigenvalue weighted by Gasteiger charge is 2.42. The summed E-state index contributed by atoms with van der Waals surface area (Å²) in [6, 6.07) is 17.8. The molecule has 1 saturated heterocycles. The molecule has 3 aromatic rings. The van der Waals surface area contributed by atoms with Crippen molar-refractivity contribution in [2.24, 2.45) is 5.41 Å². The van der Waals surface area contributed by atoms with Crippen LogP contribution in [0.4, 0.5) is 0 Å². The smallest absolute Gasteiger partial charge is 0.0496 e. The van der Waals surface area contributed by atoms with Gasteiger partial charge in [0, 0.05) is 64.6 Å². The Bertz CT molecular complexity index is 1340. The van der Waals surface area contributed by atoms with Crippen LogP contribution in [0, 0.1) is 5.41 Å². The molecule has 41 heavy (non-hydrogen) atoms. The third kappa shape index (κ3) is 5.99. The van der Waals surface area contributed by atoms with Crippen LogP contribution < -0.4 is 0 Å². The van der Waals surface area contributed by atoms with Crippen LogP contribution in [0.3, 0.4) is 0 Å². The van der Waals surface area contributed by atoms with Crippen LogP contribution >= 0.6 is 0 Å². The fourth-order valence-electron chi connectivity index (χ4n) is 8.05. The van der Waals surface area contributed by atoms with E-state index in [1.807, 2.05) is 12.2 Å². The van der Waals surface area contributed by atoms with Gasteiger partial charge in [0.25, 0.3) is 0 Å². The van der Waals surface area contributed by atoms with E-state index >= 15 is 0 Å². The van der Waals surface area contributed by atoms with Crippen molar-refractivity contribution >= 4 is 21.8 Å². The normalized spacial score (nSPS) is 19.3. The van der Waals surface area contributed by atoms with Gasteiger partial charge in [0.1, 0.15) is 0 Å². The molecule has 2 aromatic carbocycles. The minimum absolute atomic E-state index is 0.0389. The number of aromatic nitrogens is 1. The number of fused-ring (bicyclic) bond motifs is 3. The number of para-hydroxylation sites is 2. The summed E-state index contributed by atoms with van der Waals surface area (Å²) in [6.07, 6.45) is 10.6. The van der Waals surface area contributed by atoms with Gasteiger partial charge in [0.15, 0.2) is 0 Å². The topological polar surface area (TPSA) is 11.4 Å². The van der Waals surface area contributed by atoms with Crippen molar-refractivity contribution in [1.82, 2.24) is 14.4 Å². The average Bonchev–Trinajstić information content (AvgIpc) is 3.30. The van der Waals surface area contributed by atoms with E-state index in [-0.39, 0.29) is 22.0 Å². The van der Waals surface area contributed by atoms with Gasteiger partial charge in [0.05, 0.1) is 0 Å². The van der Waals surface area contributed by atoms with Crippen molar-refractivity contribution in [1.29, 1.82) is 0 Å². The molecule has 2 atom stereocenters. The molecule has 2 unspecified atom stereocenters. The summed E-state index contributed by atoms with van der Waals surface area (Å²) in [4.78, 5) is 5.53. The maximum absolute atomic E-state index is 4.14. The SMILES string of the molecule is C=C/C=C(\C=C)C(C)(CC)CC(C)(CC)N1CCN(C(C)(C)CC(C)(C)n2c3ccccc3c3ccccc32)CC1. The van der Waals surface area contributed by atoms with Crippen molar-refractivity contribution in [2.75, 3.05) is 26.2 Å². The summed E-state index contributed by atoms with van der Waals surface area (Å²) in [7, 11) is 0. The van der Waals surface area contributed by atoms with E-state index in [9.17, 15) is 0 Å². The maximum atomic E-state index is 4.14. The predicted molar refractivity (Wildman–Crippen MR) is 181 cm³/mol. The summed E-state index contributed by atoms with van der Waals surface area (Å²) in [5.74, 6) is 0. The molecule has 0 bridgehead atoms. The molecule has 0 amide bonds. The molecule has 0 N–H and O–H groups in total. The van der Waals surface area contributed by atoms with Gasteiger partial charge >= 0.3 is 0 Å². The second-order valence-electron chi connectivity index (χ2n) is 14.1. The third-order valence-corrected chi connectivity index (χ3v) is 10.5. The van der Waals surface area contributed by atoms with Gasteiger partial charge < -0.3 is 4.57 Å². The van der Waals surface area contributed by atoms with Gasteiger partial charge in [-0.3, -0.25) is 9.80 Å². The Morgan fingerprint density at radius 3 is 1.68 bits per heavy atom. The van der Waals surface area contributed by atoms with Crippen molar-refractivity contribution in [3.63, 3.8) is 0 Å². The molecule has 0 radical (unpaired) electrons. The molecule has 3 nitrogen and oxygen atoms in total. The Kier molecular flexibility index (Phi) is 9.12. The molecule has 0 saturated carbocycles. The summed E-state index contributed by atoms with van der Waals surface area (Å²) in [5.41, 5.74) is 4.24. The molecule has 2 heterocycles. The van der Waals surface area contributed by atoms with E-state index in [1.54, 1.807) is 0 Å². The van der Waals surface area contributed by atoms with E-state index in [0.717, 1.165) is 51.9 Å². The monoisotopic (exact) mass is 553 g/mol. The predicted octanol–water partition coefficient (Wildman–Crippen LogP) is 9.59. The molecule has 1 aromatic heterocycles. The number of allylic oxidation sites excluding steroid dienone is 4. The lowest BCUT2D eigenvalue weighted by molar-refractivity contribution is -0.0237. The highest BCUT2D eigenvalue weighted by atomic mass is 15.3. The van der Waals surface area contributed by atoms with Crippen LogP contribution in [0.1, 0.15) is 81.1 Å². The van der Waals surface area contributed by atoms with Gasteiger partial charge in [-0.2, -0.15) is 0 Å². The van der Waals surface area contributed by atoms with Crippen LogP contribution in [0.2, 0.25) is 0 Å². The van der Waals surface area contributed by atoms with E-state index < -0.39 is 0 Å². The van der Waals surface area contributed by atoms with Gasteiger partial charge in [-0.25, -0.2) is 0 Å². The zero-order valence-corrected chi connectivity index (χ0v) is 27.3. The summed E-state index contributed by atoms with van der Waals surface area (Å²) in [5, 5.41) is 2.70. The number of benzene rings is 2. The summed E-state index contributed by atoms with van der Waals surface area (Å²) < 4.78 is 2.60. The van der Waals surface area contributed by atoms with Gasteiger partial charge in [-0.15, -0.1) is 0 Å². The molecular formula is C38H55N3. The fraction of sp³-hybridized carbons (Fsp3) is 0.526. The van der Waals surface area contributed by atoms with Gasteiger partial charge in [-0.1, -0.05) is 88.6 Å². The van der Waals surface area contributed by atoms with E-state index in [2.05, 4.69) is 138 Å². The number of hydrogen-bond acceptors (Lipinski definition) is 2. The molecule has 3 heteroatoms. The zero-order valence-electron chi connectivity index (χ0n) is 27.3. The van der Waals surface area contributed by atoms with Crippen LogP contribution in [-0.2, 0) is 5.54 Å². The van der Waals surface area contributed by atoms with Crippen molar-refractivity contribution in [2.45, 2.75) is 97.7 Å². The molecular weight excluding hydrogens is 498 g/mol. The number of hydrogen-bond donors (Lipinski definition) is 0. The third-order valence-electron chi connectivity index (χ3n) is 10.5. The Morgan fingerprint density at radius 1 is 0.707 bits per heavy atom. The van der Waals surface area contributed by atoms with E-state index in [1.165, 1.54) is 27.4 Å². The number of piperazine rings is 1. The van der Waals surface area contributed by atoms with Crippen molar-refractivity contribution < 1.29 is 0 Å². The highest BCUT2D eigenvalue weighted by Crippen LogP contribution is 2.44. The Hall–Kier alpha value is -2.62. The maximum Gasteiger partial charge on any atom is 0.0496 e. The average molecular weight is 554 g/mol. The first-order chi connectivity index (χ1) is 19.4. The van der Waals surface area contributed by atoms with Crippen LogP contribution in [-0.4, -0.2) is 51.6 Å². The Labute approximate surface area is 250 Å². The van der Waals surface area contributed by atoms with Crippen molar-refractivity contribution in [3.8, 4) is 0 Å². The molecule has 222 valence electrons. The summed E-state index contributed by atoms with van der Waals surface area (Å²) in [6.45, 7) is 31.9. The van der Waals surface area contributed by atoms with E-state index in [4.69, 9.17) is 0 Å². The lowest BCUT2D eigenvalue weighted by atomic mass is 9.69. The lowest BCUT2D eigenvalue weighted by Gasteiger charge is -2.53. The van der Waals surface area contributed by atoms with Gasteiger partial charge in [0.2, 0.25) is 0 Å². The molecule has 1 fully saturated rings. The largest absolute Gasteiger partial charge is 0.335 e. The van der Waals surface area contributed by atoms with Crippen LogP contribution in [0.15, 0.2) is 85.5 Å². The zero-order chi connectivity index (χ0) is 30.1. The Morgan fingerprint density at radius 2 is 1.22 bits per heavy atom. The van der Waals surface area contributed by atoms with E-state index in [0.29, 0.717) is 0 Å². The Balaban J connectivity index is 1.53. The van der Waals surface area contributed by atoms with Crippen LogP contribution in [0.5, 0.6) is 0 Å². The molecule has 4 rings (SSSR count). The number of nitrogens with zero attached hydrogens (tertiary/aromatic N) is 3. The molecule has 0 spiro atoms. The lowest BCUT2D eigenvalue weighted by Crippen LogP contribution is -2.61. The quantitative estimate of drug-likeness (QED) is 0.207. The molecule has 1 aliphatic rings. The van der Waals surface area contributed by atoms with Crippen molar-refractivity contribution in [3.05, 3.63) is 85.5 Å². The first kappa shape index (κ1) is 31.3. The first-order valence-corrected chi connectivity index (χ1v) is 15.8. The molecule has 0 aliphatic carbocycles.